The van der Waals surface area contributed by atoms with Crippen molar-refractivity contribution in [1.29, 1.82) is 0 Å². The summed E-state index contributed by atoms with van der Waals surface area (Å²) in [5.74, 6) is -0.434. The number of nitrogens with one attached hydrogen (secondary N) is 3. The average molecular weight is 529 g/mol. The van der Waals surface area contributed by atoms with Gasteiger partial charge in [-0.05, 0) is 83.7 Å². The molecule has 3 aromatic carbocycles. The first kappa shape index (κ1) is 21.9. The van der Waals surface area contributed by atoms with Crippen LogP contribution in [0.15, 0.2) is 78.9 Å². The molecule has 0 heterocycles. The van der Waals surface area contributed by atoms with Crippen molar-refractivity contribution in [2.24, 2.45) is 0 Å². The highest BCUT2D eigenvalue weighted by atomic mass is 127. The van der Waals surface area contributed by atoms with Gasteiger partial charge < -0.3 is 10.6 Å². The summed E-state index contributed by atoms with van der Waals surface area (Å²) >= 11 is 7.33. The van der Waals surface area contributed by atoms with Crippen LogP contribution in [-0.4, -0.2) is 16.9 Å². The zero-order chi connectivity index (χ0) is 21.5. The molecule has 0 spiro atoms. The van der Waals surface area contributed by atoms with Gasteiger partial charge in [-0.15, -0.1) is 0 Å². The van der Waals surface area contributed by atoms with Gasteiger partial charge in [0.2, 0.25) is 0 Å². The number of hydrogen-bond donors (Lipinski definition) is 3. The molecule has 0 aromatic heterocycles. The SMILES string of the molecule is CC(NC(=O)c1ccc(NC(=S)NC(=O)c2ccccc2I)cc1)c1ccccc1. The monoisotopic (exact) mass is 529 g/mol. The maximum Gasteiger partial charge on any atom is 0.258 e. The van der Waals surface area contributed by atoms with Crippen molar-refractivity contribution >= 4 is 57.4 Å². The number of carbonyl (C=O) groups excluding carboxylic acids is 2. The van der Waals surface area contributed by atoms with Crippen LogP contribution >= 0.6 is 34.8 Å². The van der Waals surface area contributed by atoms with Gasteiger partial charge in [-0.25, -0.2) is 0 Å². The highest BCUT2D eigenvalue weighted by molar-refractivity contribution is 14.1. The van der Waals surface area contributed by atoms with E-state index in [0.29, 0.717) is 16.8 Å². The lowest BCUT2D eigenvalue weighted by atomic mass is 10.1. The van der Waals surface area contributed by atoms with Crippen LogP contribution in [0.25, 0.3) is 0 Å². The molecule has 152 valence electrons. The van der Waals surface area contributed by atoms with Gasteiger partial charge in [-0.3, -0.25) is 14.9 Å². The molecule has 3 N–H and O–H groups in total. The molecular formula is C23H20IN3O2S. The van der Waals surface area contributed by atoms with Gasteiger partial charge in [0.25, 0.3) is 11.8 Å². The normalized spacial score (nSPS) is 11.3. The minimum Gasteiger partial charge on any atom is -0.346 e. The molecule has 1 unspecified atom stereocenters. The van der Waals surface area contributed by atoms with Crippen LogP contribution in [0.1, 0.15) is 39.2 Å². The molecule has 7 heteroatoms. The third-order valence-electron chi connectivity index (χ3n) is 4.40. The Hall–Kier alpha value is -2.78. The van der Waals surface area contributed by atoms with Gasteiger partial charge in [-0.2, -0.15) is 0 Å². The summed E-state index contributed by atoms with van der Waals surface area (Å²) in [6.45, 7) is 1.94. The first-order valence-corrected chi connectivity index (χ1v) is 10.8. The van der Waals surface area contributed by atoms with Crippen molar-refractivity contribution < 1.29 is 9.59 Å². The molecule has 0 aliphatic heterocycles. The molecular weight excluding hydrogens is 509 g/mol. The van der Waals surface area contributed by atoms with Gasteiger partial charge in [-0.1, -0.05) is 42.5 Å². The molecule has 3 rings (SSSR count). The lowest BCUT2D eigenvalue weighted by molar-refractivity contribution is 0.0938. The van der Waals surface area contributed by atoms with Crippen molar-refractivity contribution in [3.05, 3.63) is 99.1 Å². The third kappa shape index (κ3) is 5.87. The van der Waals surface area contributed by atoms with E-state index >= 15 is 0 Å². The van der Waals surface area contributed by atoms with E-state index in [1.807, 2.05) is 49.4 Å². The second kappa shape index (κ2) is 10.3. The smallest absolute Gasteiger partial charge is 0.258 e. The molecule has 0 fully saturated rings. The van der Waals surface area contributed by atoms with E-state index in [0.717, 1.165) is 9.13 Å². The van der Waals surface area contributed by atoms with Crippen molar-refractivity contribution in [3.63, 3.8) is 0 Å². The van der Waals surface area contributed by atoms with Crippen molar-refractivity contribution in [1.82, 2.24) is 10.6 Å². The van der Waals surface area contributed by atoms with E-state index < -0.39 is 0 Å². The quantitative estimate of drug-likeness (QED) is 0.325. The number of benzene rings is 3. The van der Waals surface area contributed by atoms with Gasteiger partial charge >= 0.3 is 0 Å². The standard InChI is InChI=1S/C23H20IN3O2S/c1-15(16-7-3-2-4-8-16)25-21(28)17-11-13-18(14-12-17)26-23(30)27-22(29)19-9-5-6-10-20(19)24/h2-15H,1H3,(H,25,28)(H2,26,27,29,30). The van der Waals surface area contributed by atoms with Gasteiger partial charge in [0, 0.05) is 14.8 Å². The molecule has 0 aliphatic carbocycles. The summed E-state index contributed by atoms with van der Waals surface area (Å²) in [7, 11) is 0. The highest BCUT2D eigenvalue weighted by Crippen LogP contribution is 2.15. The summed E-state index contributed by atoms with van der Waals surface area (Å²) in [6, 6.07) is 23.9. The van der Waals surface area contributed by atoms with Crippen LogP contribution in [0.4, 0.5) is 5.69 Å². The third-order valence-corrected chi connectivity index (χ3v) is 5.54. The lowest BCUT2D eigenvalue weighted by Gasteiger charge is -2.15. The minimum absolute atomic E-state index is 0.0972. The Kier molecular flexibility index (Phi) is 7.53. The molecule has 30 heavy (non-hydrogen) atoms. The van der Waals surface area contributed by atoms with Crippen LogP contribution in [0.3, 0.4) is 0 Å². The maximum absolute atomic E-state index is 12.5. The van der Waals surface area contributed by atoms with E-state index in [1.54, 1.807) is 36.4 Å². The summed E-state index contributed by atoms with van der Waals surface area (Å²) in [4.78, 5) is 24.8. The molecule has 3 aromatic rings. The predicted octanol–water partition coefficient (Wildman–Crippen LogP) is 4.91. The average Bonchev–Trinajstić information content (AvgIpc) is 2.75. The lowest BCUT2D eigenvalue weighted by Crippen LogP contribution is -2.34. The van der Waals surface area contributed by atoms with Gasteiger partial charge in [0.15, 0.2) is 5.11 Å². The molecule has 0 aliphatic rings. The summed E-state index contributed by atoms with van der Waals surface area (Å²) in [5, 5.41) is 8.79. The largest absolute Gasteiger partial charge is 0.346 e. The molecule has 0 bridgehead atoms. The first-order chi connectivity index (χ1) is 14.4. The Morgan fingerprint density at radius 2 is 1.50 bits per heavy atom. The van der Waals surface area contributed by atoms with Crippen molar-refractivity contribution in [2.45, 2.75) is 13.0 Å². The fourth-order valence-electron chi connectivity index (χ4n) is 2.79. The Morgan fingerprint density at radius 3 is 2.17 bits per heavy atom. The van der Waals surface area contributed by atoms with E-state index in [2.05, 4.69) is 38.5 Å². The molecule has 0 saturated carbocycles. The zero-order valence-electron chi connectivity index (χ0n) is 16.2. The van der Waals surface area contributed by atoms with Crippen molar-refractivity contribution in [3.8, 4) is 0 Å². The van der Waals surface area contributed by atoms with Gasteiger partial charge in [0.05, 0.1) is 11.6 Å². The van der Waals surface area contributed by atoms with Crippen molar-refractivity contribution in [2.75, 3.05) is 5.32 Å². The topological polar surface area (TPSA) is 70.2 Å². The number of anilines is 1. The minimum atomic E-state index is -0.275. The number of thiocarbonyl (C=S) groups is 1. The van der Waals surface area contributed by atoms with Crippen LogP contribution < -0.4 is 16.0 Å². The van der Waals surface area contributed by atoms with Crippen LogP contribution in [0.2, 0.25) is 0 Å². The maximum atomic E-state index is 12.5. The summed E-state index contributed by atoms with van der Waals surface area (Å²) < 4.78 is 0.843. The Bertz CT molecular complexity index is 1060. The molecule has 5 nitrogen and oxygen atoms in total. The fraction of sp³-hybridized carbons (Fsp3) is 0.0870. The predicted molar refractivity (Wildman–Crippen MR) is 132 cm³/mol. The number of amides is 2. The molecule has 0 radical (unpaired) electrons. The zero-order valence-corrected chi connectivity index (χ0v) is 19.2. The van der Waals surface area contributed by atoms with E-state index in [4.69, 9.17) is 12.2 Å². The number of halogens is 1. The molecule has 1 atom stereocenters. The van der Waals surface area contributed by atoms with Crippen LogP contribution in [0, 0.1) is 3.57 Å². The number of rotatable bonds is 5. The number of hydrogen-bond acceptors (Lipinski definition) is 3. The molecule has 2 amide bonds. The van der Waals surface area contributed by atoms with E-state index in [1.165, 1.54) is 0 Å². The highest BCUT2D eigenvalue weighted by Gasteiger charge is 2.13. The summed E-state index contributed by atoms with van der Waals surface area (Å²) in [6.07, 6.45) is 0. The Morgan fingerprint density at radius 1 is 0.867 bits per heavy atom. The van der Waals surface area contributed by atoms with E-state index in [9.17, 15) is 9.59 Å². The van der Waals surface area contributed by atoms with Gasteiger partial charge in [0.1, 0.15) is 0 Å². The summed E-state index contributed by atoms with van der Waals surface area (Å²) in [5.41, 5.74) is 2.81. The fourth-order valence-corrected chi connectivity index (χ4v) is 3.63. The number of carbonyl (C=O) groups is 2. The second-order valence-corrected chi connectivity index (χ2v) is 8.14. The Balaban J connectivity index is 1.56. The molecule has 0 saturated heterocycles. The van der Waals surface area contributed by atoms with Crippen LogP contribution in [-0.2, 0) is 0 Å². The Labute approximate surface area is 194 Å². The first-order valence-electron chi connectivity index (χ1n) is 9.27. The second-order valence-electron chi connectivity index (χ2n) is 6.57. The van der Waals surface area contributed by atoms with Crippen LogP contribution in [0.5, 0.6) is 0 Å². The van der Waals surface area contributed by atoms with E-state index in [-0.39, 0.29) is 23.0 Å².